The maximum absolute atomic E-state index is 12.6. The van der Waals surface area contributed by atoms with Gasteiger partial charge in [-0.15, -0.1) is 0 Å². The Hall–Kier alpha value is -0.810. The number of nitrogens with zero attached hydrogens (tertiary/aromatic N) is 1. The van der Waals surface area contributed by atoms with E-state index >= 15 is 0 Å². The summed E-state index contributed by atoms with van der Waals surface area (Å²) in [6.45, 7) is 1.57. The van der Waals surface area contributed by atoms with Crippen molar-refractivity contribution >= 4 is 6.03 Å². The fourth-order valence-electron chi connectivity index (χ4n) is 5.93. The number of aliphatic hydroxyl groups is 1. The Kier molecular flexibility index (Phi) is 4.04. The highest BCUT2D eigenvalue weighted by Crippen LogP contribution is 2.58. The molecule has 23 heavy (non-hydrogen) atoms. The summed E-state index contributed by atoms with van der Waals surface area (Å²) in [7, 11) is 1.80. The molecule has 0 spiro atoms. The van der Waals surface area contributed by atoms with E-state index in [-0.39, 0.29) is 6.03 Å². The smallest absolute Gasteiger partial charge is 0.317 e. The van der Waals surface area contributed by atoms with Crippen LogP contribution in [-0.4, -0.2) is 54.5 Å². The molecule has 0 radical (unpaired) electrons. The molecular weight excluding hydrogens is 292 g/mol. The number of amides is 2. The van der Waals surface area contributed by atoms with E-state index < -0.39 is 5.60 Å². The molecule has 2 bridgehead atoms. The number of hydrogen-bond acceptors (Lipinski definition) is 3. The second-order valence-corrected chi connectivity index (χ2v) is 8.40. The van der Waals surface area contributed by atoms with Crippen molar-refractivity contribution < 1.29 is 14.6 Å². The predicted octanol–water partition coefficient (Wildman–Crippen LogP) is 1.99. The van der Waals surface area contributed by atoms with Crippen molar-refractivity contribution in [3.05, 3.63) is 0 Å². The van der Waals surface area contributed by atoms with Crippen LogP contribution in [0.2, 0.25) is 0 Å². The summed E-state index contributed by atoms with van der Waals surface area (Å²) in [5.41, 5.74) is -0.782. The van der Waals surface area contributed by atoms with Crippen molar-refractivity contribution in [2.75, 3.05) is 26.8 Å². The van der Waals surface area contributed by atoms with Crippen LogP contribution in [0.25, 0.3) is 0 Å². The van der Waals surface area contributed by atoms with Crippen LogP contribution in [0.1, 0.15) is 44.9 Å². The minimum atomic E-state index is -0.782. The average Bonchev–Trinajstić information content (AvgIpc) is 3.19. The first-order valence-electron chi connectivity index (χ1n) is 9.37. The van der Waals surface area contributed by atoms with Gasteiger partial charge in [-0.1, -0.05) is 6.42 Å². The summed E-state index contributed by atoms with van der Waals surface area (Å²) in [6.07, 6.45) is 7.90. The fraction of sp³-hybridized carbons (Fsp3) is 0.944. The van der Waals surface area contributed by atoms with Crippen LogP contribution < -0.4 is 5.32 Å². The molecule has 0 aromatic carbocycles. The van der Waals surface area contributed by atoms with Gasteiger partial charge in [-0.05, 0) is 49.4 Å². The van der Waals surface area contributed by atoms with Crippen molar-refractivity contribution in [2.24, 2.45) is 23.7 Å². The molecule has 4 rings (SSSR count). The van der Waals surface area contributed by atoms with E-state index in [0.717, 1.165) is 17.8 Å². The van der Waals surface area contributed by atoms with E-state index in [1.165, 1.54) is 32.1 Å². The first kappa shape index (κ1) is 15.7. The zero-order valence-electron chi connectivity index (χ0n) is 14.2. The number of carbonyl (C=O) groups is 1. The predicted molar refractivity (Wildman–Crippen MR) is 87.0 cm³/mol. The molecule has 1 saturated heterocycles. The molecular formula is C18H30N2O3. The lowest BCUT2D eigenvalue weighted by molar-refractivity contribution is -0.0723. The van der Waals surface area contributed by atoms with Crippen molar-refractivity contribution in [1.82, 2.24) is 10.2 Å². The van der Waals surface area contributed by atoms with Crippen LogP contribution in [0.4, 0.5) is 4.79 Å². The Bertz CT molecular complexity index is 463. The van der Waals surface area contributed by atoms with Crippen LogP contribution in [0.5, 0.6) is 0 Å². The highest BCUT2D eigenvalue weighted by Gasteiger charge is 2.54. The fourth-order valence-corrected chi connectivity index (χ4v) is 5.93. The summed E-state index contributed by atoms with van der Waals surface area (Å²) in [5.74, 6) is 3.37. The molecule has 4 aliphatic rings. The maximum atomic E-state index is 12.6. The Balaban J connectivity index is 1.31. The summed E-state index contributed by atoms with van der Waals surface area (Å²) in [4.78, 5) is 14.2. The number of nitrogens with one attached hydrogen (secondary N) is 1. The third kappa shape index (κ3) is 2.86. The van der Waals surface area contributed by atoms with E-state index in [4.69, 9.17) is 4.74 Å². The SMILES string of the molecule is CN(CC1(O)CCOCC1)C(=O)N[C@@H]1C[C@H]2C[C@H]1[C@@H]1CCC[C@H]21. The first-order chi connectivity index (χ1) is 11.1. The molecule has 5 heteroatoms. The molecule has 1 heterocycles. The third-order valence-corrected chi connectivity index (χ3v) is 7.04. The van der Waals surface area contributed by atoms with Gasteiger partial charge in [0.05, 0.1) is 12.1 Å². The monoisotopic (exact) mass is 322 g/mol. The van der Waals surface area contributed by atoms with Crippen molar-refractivity contribution in [1.29, 1.82) is 0 Å². The Morgan fingerprint density at radius 1 is 1.22 bits per heavy atom. The van der Waals surface area contributed by atoms with Gasteiger partial charge in [0, 0.05) is 39.1 Å². The van der Waals surface area contributed by atoms with Crippen LogP contribution in [0, 0.1) is 23.7 Å². The number of ether oxygens (including phenoxy) is 1. The van der Waals surface area contributed by atoms with Gasteiger partial charge < -0.3 is 20.1 Å². The zero-order valence-corrected chi connectivity index (χ0v) is 14.2. The number of carbonyl (C=O) groups excluding carboxylic acids is 1. The Morgan fingerprint density at radius 3 is 2.74 bits per heavy atom. The minimum Gasteiger partial charge on any atom is -0.388 e. The van der Waals surface area contributed by atoms with Crippen molar-refractivity contribution in [2.45, 2.75) is 56.6 Å². The van der Waals surface area contributed by atoms with Gasteiger partial charge in [-0.3, -0.25) is 0 Å². The van der Waals surface area contributed by atoms with Gasteiger partial charge in [0.1, 0.15) is 0 Å². The lowest BCUT2D eigenvalue weighted by Gasteiger charge is -2.37. The lowest BCUT2D eigenvalue weighted by atomic mass is 9.79. The van der Waals surface area contributed by atoms with Crippen molar-refractivity contribution in [3.63, 3.8) is 0 Å². The summed E-state index contributed by atoms with van der Waals surface area (Å²) in [6, 6.07) is 0.343. The highest BCUT2D eigenvalue weighted by atomic mass is 16.5. The molecule has 0 aromatic rings. The number of urea groups is 1. The average molecular weight is 322 g/mol. The van der Waals surface area contributed by atoms with Gasteiger partial charge in [0.25, 0.3) is 0 Å². The molecule has 5 nitrogen and oxygen atoms in total. The highest BCUT2D eigenvalue weighted by molar-refractivity contribution is 5.74. The van der Waals surface area contributed by atoms with Crippen LogP contribution in [0.3, 0.4) is 0 Å². The van der Waals surface area contributed by atoms with E-state index in [9.17, 15) is 9.90 Å². The summed E-state index contributed by atoms with van der Waals surface area (Å²) >= 11 is 0. The number of likely N-dealkylation sites (N-methyl/N-ethyl adjacent to an activating group) is 1. The molecule has 3 aliphatic carbocycles. The molecule has 5 atom stereocenters. The first-order valence-corrected chi connectivity index (χ1v) is 9.37. The largest absolute Gasteiger partial charge is 0.388 e. The van der Waals surface area contributed by atoms with E-state index in [1.54, 1.807) is 11.9 Å². The van der Waals surface area contributed by atoms with Crippen molar-refractivity contribution in [3.8, 4) is 0 Å². The Labute approximate surface area is 138 Å². The van der Waals surface area contributed by atoms with E-state index in [1.807, 2.05) is 0 Å². The van der Waals surface area contributed by atoms with Crippen LogP contribution in [0.15, 0.2) is 0 Å². The quantitative estimate of drug-likeness (QED) is 0.835. The maximum Gasteiger partial charge on any atom is 0.317 e. The summed E-state index contributed by atoms with van der Waals surface area (Å²) in [5, 5.41) is 13.9. The van der Waals surface area contributed by atoms with Gasteiger partial charge in [-0.2, -0.15) is 0 Å². The van der Waals surface area contributed by atoms with Gasteiger partial charge >= 0.3 is 6.03 Å². The van der Waals surface area contributed by atoms with E-state index in [2.05, 4.69) is 5.32 Å². The third-order valence-electron chi connectivity index (χ3n) is 7.04. The normalized spacial score (nSPS) is 40.9. The second-order valence-electron chi connectivity index (χ2n) is 8.40. The second kappa shape index (κ2) is 5.92. The molecule has 2 N–H and O–H groups in total. The lowest BCUT2D eigenvalue weighted by Crippen LogP contribution is -2.52. The molecule has 0 unspecified atom stereocenters. The van der Waals surface area contributed by atoms with Gasteiger partial charge in [-0.25, -0.2) is 4.79 Å². The molecule has 1 aliphatic heterocycles. The molecule has 3 saturated carbocycles. The van der Waals surface area contributed by atoms with E-state index in [0.29, 0.717) is 44.6 Å². The molecule has 0 aromatic heterocycles. The number of hydrogen-bond donors (Lipinski definition) is 2. The zero-order chi connectivity index (χ0) is 16.0. The standard InChI is InChI=1S/C18H30N2O3/c1-20(11-18(22)5-7-23-8-6-18)17(21)19-16-10-12-9-15(16)14-4-2-3-13(12)14/h12-16,22H,2-11H2,1H3,(H,19,21)/t12-,13-,14-,15+,16-/m1/s1. The summed E-state index contributed by atoms with van der Waals surface area (Å²) < 4.78 is 5.31. The van der Waals surface area contributed by atoms with Gasteiger partial charge in [0.15, 0.2) is 0 Å². The molecule has 2 amide bonds. The number of rotatable bonds is 3. The molecule has 4 fully saturated rings. The Morgan fingerprint density at radius 2 is 1.96 bits per heavy atom. The van der Waals surface area contributed by atoms with Crippen LogP contribution >= 0.6 is 0 Å². The minimum absolute atomic E-state index is 0.0167. The van der Waals surface area contributed by atoms with Crippen LogP contribution in [-0.2, 0) is 4.74 Å². The number of fused-ring (bicyclic) bond motifs is 5. The van der Waals surface area contributed by atoms with Gasteiger partial charge in [0.2, 0.25) is 0 Å². The molecule has 130 valence electrons. The topological polar surface area (TPSA) is 61.8 Å².